The van der Waals surface area contributed by atoms with E-state index in [9.17, 15) is 10.2 Å². The first-order chi connectivity index (χ1) is 19.7. The Morgan fingerprint density at radius 1 is 0.550 bits per heavy atom. The maximum atomic E-state index is 11.1. The van der Waals surface area contributed by atoms with Crippen LogP contribution in [0.25, 0.3) is 32.9 Å². The molecule has 4 aromatic carbocycles. The molecule has 5 heteroatoms. The first kappa shape index (κ1) is 25.5. The van der Waals surface area contributed by atoms with Gasteiger partial charge in [0.25, 0.3) is 0 Å². The number of hydrogen-bond acceptors (Lipinski definition) is 4. The van der Waals surface area contributed by atoms with Gasteiger partial charge < -0.3 is 14.8 Å². The summed E-state index contributed by atoms with van der Waals surface area (Å²) in [5.74, 6) is 0.250. The number of benzene rings is 4. The highest BCUT2D eigenvalue weighted by atomic mass is 16.3. The number of aromatic nitrogens is 1. The summed E-state index contributed by atoms with van der Waals surface area (Å²) in [6, 6.07) is 34.2. The van der Waals surface area contributed by atoms with Gasteiger partial charge in [-0.05, 0) is 40.8 Å². The van der Waals surface area contributed by atoms with Gasteiger partial charge in [0, 0.05) is 67.0 Å². The van der Waals surface area contributed by atoms with Gasteiger partial charge >= 0.3 is 0 Å². The van der Waals surface area contributed by atoms with Crippen molar-refractivity contribution in [1.29, 1.82) is 0 Å². The molecule has 0 radical (unpaired) electrons. The van der Waals surface area contributed by atoms with Crippen LogP contribution in [0.3, 0.4) is 0 Å². The van der Waals surface area contributed by atoms with Crippen molar-refractivity contribution in [2.75, 3.05) is 39.3 Å². The molecule has 1 aromatic heterocycles. The molecule has 40 heavy (non-hydrogen) atoms. The molecule has 1 aliphatic carbocycles. The number of aliphatic hydroxyl groups excluding tert-OH is 2. The molecule has 2 atom stereocenters. The van der Waals surface area contributed by atoms with E-state index >= 15 is 0 Å². The summed E-state index contributed by atoms with van der Waals surface area (Å²) in [5.41, 5.74) is 7.64. The molecular weight excluding hydrogens is 494 g/mol. The summed E-state index contributed by atoms with van der Waals surface area (Å²) in [6.45, 7) is 5.58. The van der Waals surface area contributed by atoms with E-state index in [0.29, 0.717) is 19.6 Å². The van der Waals surface area contributed by atoms with E-state index in [1.807, 2.05) is 0 Å². The van der Waals surface area contributed by atoms with Crippen LogP contribution in [-0.2, 0) is 6.54 Å². The Labute approximate surface area is 235 Å². The largest absolute Gasteiger partial charge is 0.392 e. The van der Waals surface area contributed by atoms with E-state index in [2.05, 4.69) is 111 Å². The summed E-state index contributed by atoms with van der Waals surface area (Å²) in [6.07, 6.45) is -0.0818. The molecule has 0 unspecified atom stereocenters. The quantitative estimate of drug-likeness (QED) is 0.284. The molecule has 0 saturated carbocycles. The zero-order valence-electron chi connectivity index (χ0n) is 22.9. The third-order valence-electron chi connectivity index (χ3n) is 8.95. The molecule has 7 rings (SSSR count). The molecule has 5 aromatic rings. The second-order valence-corrected chi connectivity index (χ2v) is 11.5. The maximum Gasteiger partial charge on any atom is 0.0845 e. The van der Waals surface area contributed by atoms with Crippen LogP contribution in [0.1, 0.15) is 23.5 Å². The Kier molecular flexibility index (Phi) is 6.90. The van der Waals surface area contributed by atoms with Gasteiger partial charge in [-0.25, -0.2) is 0 Å². The summed E-state index contributed by atoms with van der Waals surface area (Å²) >= 11 is 0. The van der Waals surface area contributed by atoms with Crippen LogP contribution in [0.5, 0.6) is 0 Å². The topological polar surface area (TPSA) is 51.9 Å². The smallest absolute Gasteiger partial charge is 0.0845 e. The average Bonchev–Trinajstić information content (AvgIpc) is 3.47. The van der Waals surface area contributed by atoms with Crippen molar-refractivity contribution in [3.8, 4) is 11.1 Å². The van der Waals surface area contributed by atoms with Crippen LogP contribution in [0, 0.1) is 0 Å². The van der Waals surface area contributed by atoms with Crippen LogP contribution >= 0.6 is 0 Å². The lowest BCUT2D eigenvalue weighted by atomic mass is 9.91. The van der Waals surface area contributed by atoms with Gasteiger partial charge in [0.05, 0.1) is 18.8 Å². The Hall–Kier alpha value is -3.48. The van der Waals surface area contributed by atoms with Gasteiger partial charge in [-0.15, -0.1) is 0 Å². The number of aliphatic hydroxyl groups is 2. The predicted octanol–water partition coefficient (Wildman–Crippen LogP) is 5.34. The van der Waals surface area contributed by atoms with Gasteiger partial charge in [0.1, 0.15) is 0 Å². The predicted molar refractivity (Wildman–Crippen MR) is 163 cm³/mol. The third kappa shape index (κ3) is 4.73. The molecule has 0 amide bonds. The van der Waals surface area contributed by atoms with Crippen LogP contribution in [0.4, 0.5) is 0 Å². The number of piperazine rings is 1. The van der Waals surface area contributed by atoms with Crippen LogP contribution in [0.2, 0.25) is 0 Å². The van der Waals surface area contributed by atoms with Gasteiger partial charge in [-0.2, -0.15) is 0 Å². The maximum absolute atomic E-state index is 11.1. The molecular formula is C35H37N3O2. The van der Waals surface area contributed by atoms with Gasteiger partial charge in [-0.1, -0.05) is 84.9 Å². The Balaban J connectivity index is 0.945. The molecule has 204 valence electrons. The summed E-state index contributed by atoms with van der Waals surface area (Å²) < 4.78 is 2.27. The monoisotopic (exact) mass is 531 g/mol. The standard InChI is InChI=1S/C35H37N3O2/c39-25(21-33-29-11-3-1-9-27(29)28-10-2-4-12-30(28)33)22-36-17-19-37(20-18-36)23-26(40)24-38-34-15-7-5-13-31(34)32-14-6-8-16-35(32)38/h1-16,25-26,33,39-40H,17-24H2/t25-,26+/m0/s1. The zero-order chi connectivity index (χ0) is 27.1. The van der Waals surface area contributed by atoms with Crippen molar-refractivity contribution in [3.63, 3.8) is 0 Å². The number of hydrogen-bond donors (Lipinski definition) is 2. The highest BCUT2D eigenvalue weighted by molar-refractivity contribution is 6.07. The molecule has 1 aliphatic heterocycles. The summed E-state index contributed by atoms with van der Waals surface area (Å²) in [5, 5.41) is 24.7. The van der Waals surface area contributed by atoms with E-state index in [1.54, 1.807) is 0 Å². The minimum absolute atomic E-state index is 0.250. The highest BCUT2D eigenvalue weighted by Crippen LogP contribution is 2.46. The van der Waals surface area contributed by atoms with E-state index in [4.69, 9.17) is 0 Å². The zero-order valence-corrected chi connectivity index (χ0v) is 22.9. The molecule has 0 spiro atoms. The molecule has 1 fully saturated rings. The third-order valence-corrected chi connectivity index (χ3v) is 8.95. The fourth-order valence-corrected chi connectivity index (χ4v) is 7.08. The number of para-hydroxylation sites is 2. The van der Waals surface area contributed by atoms with E-state index in [0.717, 1.165) is 32.6 Å². The minimum Gasteiger partial charge on any atom is -0.392 e. The molecule has 2 heterocycles. The number of fused-ring (bicyclic) bond motifs is 6. The lowest BCUT2D eigenvalue weighted by Crippen LogP contribution is -2.50. The fraction of sp³-hybridized carbons (Fsp3) is 0.314. The first-order valence-electron chi connectivity index (χ1n) is 14.6. The molecule has 2 aliphatic rings. The van der Waals surface area contributed by atoms with Crippen LogP contribution in [0.15, 0.2) is 97.1 Å². The number of nitrogens with zero attached hydrogens (tertiary/aromatic N) is 3. The SMILES string of the molecule is O[C@H](CN1CCN(C[C@@H](O)CC2c3ccccc3-c3ccccc32)CC1)Cn1c2ccccc2c2ccccc21. The second kappa shape index (κ2) is 10.8. The van der Waals surface area contributed by atoms with Crippen molar-refractivity contribution in [1.82, 2.24) is 14.4 Å². The van der Waals surface area contributed by atoms with E-state index in [1.165, 1.54) is 44.1 Å². The normalized spacial score (nSPS) is 17.8. The Morgan fingerprint density at radius 2 is 1.00 bits per heavy atom. The summed E-state index contributed by atoms with van der Waals surface area (Å²) in [4.78, 5) is 4.75. The molecule has 2 N–H and O–H groups in total. The number of rotatable bonds is 8. The molecule has 1 saturated heterocycles. The van der Waals surface area contributed by atoms with Crippen molar-refractivity contribution in [2.45, 2.75) is 31.1 Å². The van der Waals surface area contributed by atoms with Crippen LogP contribution in [-0.4, -0.2) is 76.1 Å². The fourth-order valence-electron chi connectivity index (χ4n) is 7.08. The summed E-state index contributed by atoms with van der Waals surface area (Å²) in [7, 11) is 0. The van der Waals surface area contributed by atoms with Crippen molar-refractivity contribution in [3.05, 3.63) is 108 Å². The lowest BCUT2D eigenvalue weighted by molar-refractivity contribution is 0.0422. The molecule has 5 nitrogen and oxygen atoms in total. The average molecular weight is 532 g/mol. The highest BCUT2D eigenvalue weighted by Gasteiger charge is 2.30. The Morgan fingerprint density at radius 3 is 1.55 bits per heavy atom. The van der Waals surface area contributed by atoms with Crippen LogP contribution < -0.4 is 0 Å². The molecule has 0 bridgehead atoms. The minimum atomic E-state index is -0.446. The number of β-amino-alcohol motifs (C(OH)–C–C–N with tert-alkyl or cyclic N) is 2. The van der Waals surface area contributed by atoms with E-state index < -0.39 is 6.10 Å². The lowest BCUT2D eigenvalue weighted by Gasteiger charge is -2.36. The van der Waals surface area contributed by atoms with E-state index in [-0.39, 0.29) is 12.0 Å². The Bertz CT molecular complexity index is 1540. The van der Waals surface area contributed by atoms with Crippen molar-refractivity contribution < 1.29 is 10.2 Å². The van der Waals surface area contributed by atoms with Gasteiger partial charge in [0.2, 0.25) is 0 Å². The first-order valence-corrected chi connectivity index (χ1v) is 14.6. The van der Waals surface area contributed by atoms with Gasteiger partial charge in [-0.3, -0.25) is 9.80 Å². The second-order valence-electron chi connectivity index (χ2n) is 11.5. The van der Waals surface area contributed by atoms with Gasteiger partial charge in [0.15, 0.2) is 0 Å². The van der Waals surface area contributed by atoms with Crippen molar-refractivity contribution >= 4 is 21.8 Å². The van der Waals surface area contributed by atoms with Crippen molar-refractivity contribution in [2.24, 2.45) is 0 Å².